The summed E-state index contributed by atoms with van der Waals surface area (Å²) < 4.78 is 2.24. The monoisotopic (exact) mass is 247 g/mol. The van der Waals surface area contributed by atoms with Gasteiger partial charge >= 0.3 is 0 Å². The van der Waals surface area contributed by atoms with Gasteiger partial charge in [0.2, 0.25) is 0 Å². The second kappa shape index (κ2) is 5.65. The van der Waals surface area contributed by atoms with Gasteiger partial charge in [0.15, 0.2) is 0 Å². The largest absolute Gasteiger partial charge is 0.389 e. The van der Waals surface area contributed by atoms with Gasteiger partial charge in [0.25, 0.3) is 0 Å². The van der Waals surface area contributed by atoms with Gasteiger partial charge in [0.05, 0.1) is 5.57 Å². The Morgan fingerprint density at radius 1 is 1.59 bits per heavy atom. The molecule has 0 bridgehead atoms. The Morgan fingerprint density at radius 3 is 2.71 bits per heavy atom. The predicted octanol–water partition coefficient (Wildman–Crippen LogP) is 2.71. The molecule has 0 spiro atoms. The van der Waals surface area contributed by atoms with Crippen LogP contribution in [0.15, 0.2) is 11.6 Å². The van der Waals surface area contributed by atoms with E-state index in [0.717, 1.165) is 24.2 Å². The van der Waals surface area contributed by atoms with Gasteiger partial charge in [0, 0.05) is 17.9 Å². The van der Waals surface area contributed by atoms with Crippen LogP contribution < -0.4 is 5.73 Å². The van der Waals surface area contributed by atoms with E-state index < -0.39 is 0 Å². The average molecular weight is 247 g/mol. The molecule has 1 aromatic heterocycles. The summed E-state index contributed by atoms with van der Waals surface area (Å²) in [6.07, 6.45) is 2.84. The lowest BCUT2D eigenvalue weighted by Gasteiger charge is -2.06. The van der Waals surface area contributed by atoms with E-state index in [9.17, 15) is 0 Å². The van der Waals surface area contributed by atoms with E-state index in [1.807, 2.05) is 13.0 Å². The Kier molecular flexibility index (Phi) is 4.47. The molecule has 1 aromatic rings. The molecule has 1 heterocycles. The fourth-order valence-electron chi connectivity index (χ4n) is 1.86. The third-order valence-corrected chi connectivity index (χ3v) is 2.97. The van der Waals surface area contributed by atoms with Gasteiger partial charge in [-0.3, -0.25) is 0 Å². The minimum atomic E-state index is 0.146. The fourth-order valence-corrected chi connectivity index (χ4v) is 1.96. The SMILES string of the molecule is CCCn1c(C)cc(/C=C(\C#N)C(N)=S)c1C. The van der Waals surface area contributed by atoms with Crippen LogP contribution in [0.3, 0.4) is 0 Å². The molecule has 3 nitrogen and oxygen atoms in total. The van der Waals surface area contributed by atoms with Crippen LogP contribution in [0.25, 0.3) is 6.08 Å². The molecule has 90 valence electrons. The maximum absolute atomic E-state index is 8.94. The summed E-state index contributed by atoms with van der Waals surface area (Å²) in [5.74, 6) is 0. The molecule has 0 radical (unpaired) electrons. The quantitative estimate of drug-likeness (QED) is 0.505. The molecule has 0 amide bonds. The van der Waals surface area contributed by atoms with Gasteiger partial charge in [-0.25, -0.2) is 0 Å². The van der Waals surface area contributed by atoms with Crippen LogP contribution in [0.2, 0.25) is 0 Å². The second-order valence-corrected chi connectivity index (χ2v) is 4.45. The minimum absolute atomic E-state index is 0.146. The summed E-state index contributed by atoms with van der Waals surface area (Å²) in [6.45, 7) is 7.24. The summed E-state index contributed by atoms with van der Waals surface area (Å²) in [7, 11) is 0. The van der Waals surface area contributed by atoms with Gasteiger partial charge in [-0.2, -0.15) is 5.26 Å². The van der Waals surface area contributed by atoms with Crippen LogP contribution in [0.4, 0.5) is 0 Å². The summed E-state index contributed by atoms with van der Waals surface area (Å²) in [6, 6.07) is 4.08. The fraction of sp³-hybridized carbons (Fsp3) is 0.385. The van der Waals surface area contributed by atoms with E-state index >= 15 is 0 Å². The van der Waals surface area contributed by atoms with Crippen molar-refractivity contribution in [1.82, 2.24) is 4.57 Å². The van der Waals surface area contributed by atoms with Gasteiger partial charge in [-0.05, 0) is 38.0 Å². The number of nitrogens with two attached hydrogens (primary N) is 1. The van der Waals surface area contributed by atoms with Crippen molar-refractivity contribution in [2.75, 3.05) is 0 Å². The molecule has 4 heteroatoms. The lowest BCUT2D eigenvalue weighted by atomic mass is 10.1. The van der Waals surface area contributed by atoms with Crippen LogP contribution in [-0.4, -0.2) is 9.56 Å². The Bertz CT molecular complexity index is 503. The molecule has 0 saturated carbocycles. The number of hydrogen-bond donors (Lipinski definition) is 1. The highest BCUT2D eigenvalue weighted by atomic mass is 32.1. The van der Waals surface area contributed by atoms with Crippen LogP contribution in [0.1, 0.15) is 30.3 Å². The van der Waals surface area contributed by atoms with Gasteiger partial charge in [-0.15, -0.1) is 0 Å². The number of nitrogens with zero attached hydrogens (tertiary/aromatic N) is 2. The topological polar surface area (TPSA) is 54.7 Å². The smallest absolute Gasteiger partial charge is 0.114 e. The van der Waals surface area contributed by atoms with Gasteiger partial charge in [-0.1, -0.05) is 19.1 Å². The van der Waals surface area contributed by atoms with E-state index in [-0.39, 0.29) is 4.99 Å². The number of rotatable bonds is 4. The van der Waals surface area contributed by atoms with E-state index in [1.165, 1.54) is 5.69 Å². The summed E-state index contributed by atoms with van der Waals surface area (Å²) in [4.78, 5) is 0.146. The number of hydrogen-bond acceptors (Lipinski definition) is 2. The van der Waals surface area contributed by atoms with Gasteiger partial charge < -0.3 is 10.3 Å². The standard InChI is InChI=1S/C13H17N3S/c1-4-5-16-9(2)6-11(10(16)3)7-12(8-14)13(15)17/h6-7H,4-5H2,1-3H3,(H2,15,17)/b12-7+. The molecular formula is C13H17N3S. The highest BCUT2D eigenvalue weighted by Crippen LogP contribution is 2.18. The molecule has 17 heavy (non-hydrogen) atoms. The summed E-state index contributed by atoms with van der Waals surface area (Å²) in [5, 5.41) is 8.94. The molecule has 0 saturated heterocycles. The normalized spacial score (nSPS) is 11.3. The first-order chi connectivity index (χ1) is 8.01. The molecule has 0 aromatic carbocycles. The second-order valence-electron chi connectivity index (χ2n) is 4.01. The Balaban J connectivity index is 3.21. The zero-order valence-electron chi connectivity index (χ0n) is 10.4. The molecule has 0 aliphatic heterocycles. The molecule has 0 fully saturated rings. The molecule has 0 unspecified atom stereocenters. The average Bonchev–Trinajstić information content (AvgIpc) is 2.53. The lowest BCUT2D eigenvalue weighted by Crippen LogP contribution is -2.09. The molecular weight excluding hydrogens is 230 g/mol. The first kappa shape index (κ1) is 13.5. The van der Waals surface area contributed by atoms with E-state index in [0.29, 0.717) is 5.57 Å². The highest BCUT2D eigenvalue weighted by Gasteiger charge is 2.08. The first-order valence-corrected chi connectivity index (χ1v) is 6.00. The molecule has 2 N–H and O–H groups in total. The molecule has 0 atom stereocenters. The Hall–Kier alpha value is -1.60. The van der Waals surface area contributed by atoms with Crippen LogP contribution in [-0.2, 0) is 6.54 Å². The minimum Gasteiger partial charge on any atom is -0.389 e. The lowest BCUT2D eigenvalue weighted by molar-refractivity contribution is 0.648. The third-order valence-electron chi connectivity index (χ3n) is 2.75. The zero-order chi connectivity index (χ0) is 13.0. The van der Waals surface area contributed by atoms with Crippen molar-refractivity contribution in [3.05, 3.63) is 28.6 Å². The van der Waals surface area contributed by atoms with Crippen molar-refractivity contribution >= 4 is 23.3 Å². The maximum atomic E-state index is 8.94. The molecule has 0 aliphatic rings. The van der Waals surface area contributed by atoms with Crippen LogP contribution in [0.5, 0.6) is 0 Å². The van der Waals surface area contributed by atoms with Crippen molar-refractivity contribution in [2.45, 2.75) is 33.7 Å². The van der Waals surface area contributed by atoms with Crippen molar-refractivity contribution in [2.24, 2.45) is 5.73 Å². The highest BCUT2D eigenvalue weighted by molar-refractivity contribution is 7.80. The van der Waals surface area contributed by atoms with Gasteiger partial charge in [0.1, 0.15) is 11.1 Å². The number of aryl methyl sites for hydroxylation is 1. The van der Waals surface area contributed by atoms with Crippen LogP contribution >= 0.6 is 12.2 Å². The van der Waals surface area contributed by atoms with Crippen molar-refractivity contribution in [3.8, 4) is 6.07 Å². The van der Waals surface area contributed by atoms with E-state index in [4.69, 9.17) is 23.2 Å². The third kappa shape index (κ3) is 2.95. The number of nitriles is 1. The van der Waals surface area contributed by atoms with Crippen molar-refractivity contribution in [3.63, 3.8) is 0 Å². The van der Waals surface area contributed by atoms with E-state index in [1.54, 1.807) is 6.08 Å². The first-order valence-electron chi connectivity index (χ1n) is 5.59. The maximum Gasteiger partial charge on any atom is 0.114 e. The number of aromatic nitrogens is 1. The summed E-state index contributed by atoms with van der Waals surface area (Å²) in [5.41, 5.74) is 9.19. The van der Waals surface area contributed by atoms with E-state index in [2.05, 4.69) is 24.5 Å². The van der Waals surface area contributed by atoms with Crippen molar-refractivity contribution < 1.29 is 0 Å². The molecule has 1 rings (SSSR count). The summed E-state index contributed by atoms with van der Waals surface area (Å²) >= 11 is 4.83. The molecule has 0 aliphatic carbocycles. The number of thiocarbonyl (C=S) groups is 1. The predicted molar refractivity (Wildman–Crippen MR) is 74.6 cm³/mol. The Morgan fingerprint density at radius 2 is 2.24 bits per heavy atom. The van der Waals surface area contributed by atoms with Crippen molar-refractivity contribution in [1.29, 1.82) is 5.26 Å². The Labute approximate surface area is 108 Å². The van der Waals surface area contributed by atoms with Crippen LogP contribution in [0, 0.1) is 25.2 Å². The zero-order valence-corrected chi connectivity index (χ0v) is 11.3.